The monoisotopic (exact) mass is 279 g/mol. The summed E-state index contributed by atoms with van der Waals surface area (Å²) in [6, 6.07) is 1.96. The maximum Gasteiger partial charge on any atom is 0.219 e. The zero-order valence-corrected chi connectivity index (χ0v) is 9.77. The highest BCUT2D eigenvalue weighted by atomic mass is 16.3. The molecule has 0 atom stereocenters. The lowest BCUT2D eigenvalue weighted by atomic mass is 10.0. The molecule has 0 spiro atoms. The molecule has 104 valence electrons. The van der Waals surface area contributed by atoms with Gasteiger partial charge in [0.2, 0.25) is 17.3 Å². The van der Waals surface area contributed by atoms with Gasteiger partial charge < -0.3 is 30.6 Å². The molecule has 1 aromatic carbocycles. The van der Waals surface area contributed by atoms with Gasteiger partial charge in [-0.15, -0.1) is 0 Å². The van der Waals surface area contributed by atoms with Gasteiger partial charge in [-0.05, 0) is 12.1 Å². The fourth-order valence-electron chi connectivity index (χ4n) is 1.53. The van der Waals surface area contributed by atoms with Crippen LogP contribution in [-0.4, -0.2) is 41.4 Å². The molecule has 0 aliphatic heterocycles. The summed E-state index contributed by atoms with van der Waals surface area (Å²) in [6.45, 7) is 0. The molecule has 0 amide bonds. The number of hydrogen-bond donors (Lipinski definition) is 6. The Bertz CT molecular complexity index is 652. The summed E-state index contributed by atoms with van der Waals surface area (Å²) in [5, 5.41) is 56.0. The van der Waals surface area contributed by atoms with Crippen LogP contribution in [0.2, 0.25) is 0 Å². The second kappa shape index (κ2) is 4.50. The zero-order chi connectivity index (χ0) is 15.0. The van der Waals surface area contributed by atoms with Crippen LogP contribution in [0.25, 0.3) is 0 Å². The third kappa shape index (κ3) is 1.88. The minimum atomic E-state index is -1.02. The Morgan fingerprint density at radius 3 is 2.05 bits per heavy atom. The van der Waals surface area contributed by atoms with Gasteiger partial charge in [-0.25, -0.2) is 4.98 Å². The van der Waals surface area contributed by atoms with E-state index in [1.165, 1.54) is 0 Å². The normalized spacial score (nSPS) is 10.4. The van der Waals surface area contributed by atoms with Gasteiger partial charge in [0.1, 0.15) is 0 Å². The number of nitrogens with zero attached hydrogens (tertiary/aromatic N) is 1. The first-order chi connectivity index (χ1) is 9.34. The van der Waals surface area contributed by atoms with Gasteiger partial charge in [0.25, 0.3) is 0 Å². The predicted octanol–water partition coefficient (Wildman–Crippen LogP) is 0.546. The van der Waals surface area contributed by atoms with E-state index in [1.807, 2.05) is 0 Å². The molecule has 2 aromatic rings. The number of carbonyl (C=O) groups excluding carboxylic acids is 1. The van der Waals surface area contributed by atoms with Crippen molar-refractivity contribution in [2.24, 2.45) is 0 Å². The van der Waals surface area contributed by atoms with Crippen molar-refractivity contribution >= 4 is 5.78 Å². The van der Waals surface area contributed by atoms with Gasteiger partial charge in [0.05, 0.1) is 11.8 Å². The van der Waals surface area contributed by atoms with E-state index < -0.39 is 51.5 Å². The van der Waals surface area contributed by atoms with Crippen LogP contribution in [0.5, 0.6) is 34.5 Å². The van der Waals surface area contributed by atoms with E-state index in [1.54, 1.807) is 0 Å². The van der Waals surface area contributed by atoms with Crippen LogP contribution in [0.3, 0.4) is 0 Å². The first-order valence-corrected chi connectivity index (χ1v) is 5.23. The van der Waals surface area contributed by atoms with E-state index in [-0.39, 0.29) is 0 Å². The van der Waals surface area contributed by atoms with E-state index in [2.05, 4.69) is 4.98 Å². The lowest BCUT2D eigenvalue weighted by molar-refractivity contribution is 0.102. The molecule has 8 nitrogen and oxygen atoms in total. The lowest BCUT2D eigenvalue weighted by Crippen LogP contribution is -2.05. The summed E-state index contributed by atoms with van der Waals surface area (Å²) in [4.78, 5) is 15.5. The molecule has 2 rings (SSSR count). The number of phenolic OH excluding ortho intramolecular Hbond substituents is 3. The zero-order valence-electron chi connectivity index (χ0n) is 9.77. The Kier molecular flexibility index (Phi) is 2.99. The van der Waals surface area contributed by atoms with E-state index in [4.69, 9.17) is 10.2 Å². The molecular weight excluding hydrogens is 270 g/mol. The largest absolute Gasteiger partial charge is 0.504 e. The maximum atomic E-state index is 12.0. The molecule has 20 heavy (non-hydrogen) atoms. The number of carbonyl (C=O) groups is 1. The number of benzene rings is 1. The number of hydrogen-bond acceptors (Lipinski definition) is 8. The third-order valence-electron chi connectivity index (χ3n) is 2.60. The SMILES string of the molecule is O=C(c1ccc(O)c(O)c1O)c1ncc(O)c(O)c1O. The molecular formula is C12H9NO7. The minimum Gasteiger partial charge on any atom is -0.504 e. The first kappa shape index (κ1) is 13.3. The third-order valence-corrected chi connectivity index (χ3v) is 2.60. The second-order valence-electron chi connectivity index (χ2n) is 3.85. The van der Waals surface area contributed by atoms with Gasteiger partial charge in [0, 0.05) is 0 Å². The lowest BCUT2D eigenvalue weighted by Gasteiger charge is -2.08. The number of aromatic nitrogens is 1. The van der Waals surface area contributed by atoms with Gasteiger partial charge >= 0.3 is 0 Å². The van der Waals surface area contributed by atoms with Crippen molar-refractivity contribution < 1.29 is 35.4 Å². The van der Waals surface area contributed by atoms with Gasteiger partial charge in [-0.2, -0.15) is 0 Å². The van der Waals surface area contributed by atoms with Gasteiger partial charge in [-0.1, -0.05) is 0 Å². The molecule has 0 bridgehead atoms. The number of phenols is 3. The highest BCUT2D eigenvalue weighted by molar-refractivity contribution is 6.12. The first-order valence-electron chi connectivity index (χ1n) is 5.23. The Labute approximate surface area is 111 Å². The highest BCUT2D eigenvalue weighted by Gasteiger charge is 2.24. The Morgan fingerprint density at radius 2 is 1.40 bits per heavy atom. The summed E-state index contributed by atoms with van der Waals surface area (Å²) in [5.74, 6) is -6.10. The van der Waals surface area contributed by atoms with Crippen molar-refractivity contribution in [1.82, 2.24) is 4.98 Å². The molecule has 0 radical (unpaired) electrons. The average Bonchev–Trinajstić information content (AvgIpc) is 2.42. The molecule has 0 saturated heterocycles. The second-order valence-corrected chi connectivity index (χ2v) is 3.85. The van der Waals surface area contributed by atoms with Crippen LogP contribution in [0.1, 0.15) is 16.1 Å². The van der Waals surface area contributed by atoms with E-state index in [9.17, 15) is 25.2 Å². The molecule has 0 fully saturated rings. The molecule has 6 N–H and O–H groups in total. The van der Waals surface area contributed by atoms with Crippen LogP contribution in [-0.2, 0) is 0 Å². The Balaban J connectivity index is 2.58. The maximum absolute atomic E-state index is 12.0. The van der Waals surface area contributed by atoms with E-state index in [0.29, 0.717) is 0 Å². The van der Waals surface area contributed by atoms with Crippen LogP contribution < -0.4 is 0 Å². The quantitative estimate of drug-likeness (QED) is 0.344. The van der Waals surface area contributed by atoms with Crippen LogP contribution in [0.15, 0.2) is 18.3 Å². The molecule has 0 unspecified atom stereocenters. The van der Waals surface area contributed by atoms with Gasteiger partial charge in [-0.3, -0.25) is 4.79 Å². The van der Waals surface area contributed by atoms with Crippen molar-refractivity contribution in [1.29, 1.82) is 0 Å². The molecule has 1 heterocycles. The molecule has 8 heteroatoms. The Morgan fingerprint density at radius 1 is 0.800 bits per heavy atom. The van der Waals surface area contributed by atoms with Crippen LogP contribution in [0, 0.1) is 0 Å². The Hall–Kier alpha value is -3.16. The average molecular weight is 279 g/mol. The fraction of sp³-hybridized carbons (Fsp3) is 0. The fourth-order valence-corrected chi connectivity index (χ4v) is 1.53. The highest BCUT2D eigenvalue weighted by Crippen LogP contribution is 2.40. The number of aromatic hydroxyl groups is 6. The number of pyridine rings is 1. The summed E-state index contributed by atoms with van der Waals surface area (Å²) < 4.78 is 0. The summed E-state index contributed by atoms with van der Waals surface area (Å²) in [6.07, 6.45) is 0.736. The van der Waals surface area contributed by atoms with Crippen LogP contribution >= 0.6 is 0 Å². The number of rotatable bonds is 2. The van der Waals surface area contributed by atoms with Crippen molar-refractivity contribution in [2.45, 2.75) is 0 Å². The standard InChI is InChI=1S/C12H9NO7/c14-5-2-1-4(9(17)10(5)18)8(16)7-12(20)11(19)6(15)3-13-7/h1-3,14-15,17-18,20H,(H,13,19). The smallest absolute Gasteiger partial charge is 0.219 e. The van der Waals surface area contributed by atoms with Crippen molar-refractivity contribution in [2.75, 3.05) is 0 Å². The summed E-state index contributed by atoms with van der Waals surface area (Å²) in [7, 11) is 0. The summed E-state index contributed by atoms with van der Waals surface area (Å²) >= 11 is 0. The molecule has 0 aliphatic rings. The van der Waals surface area contributed by atoms with E-state index >= 15 is 0 Å². The predicted molar refractivity (Wildman–Crippen MR) is 64.1 cm³/mol. The van der Waals surface area contributed by atoms with E-state index in [0.717, 1.165) is 18.3 Å². The van der Waals surface area contributed by atoms with Crippen LogP contribution in [0.4, 0.5) is 0 Å². The summed E-state index contributed by atoms with van der Waals surface area (Å²) in [5.41, 5.74) is -1.09. The number of ketones is 1. The van der Waals surface area contributed by atoms with Crippen molar-refractivity contribution in [3.8, 4) is 34.5 Å². The molecule has 0 saturated carbocycles. The topological polar surface area (TPSA) is 151 Å². The molecule has 0 aliphatic carbocycles. The molecule has 1 aromatic heterocycles. The minimum absolute atomic E-state index is 0.451. The van der Waals surface area contributed by atoms with Crippen molar-refractivity contribution in [3.63, 3.8) is 0 Å². The van der Waals surface area contributed by atoms with Gasteiger partial charge in [0.15, 0.2) is 28.7 Å². The van der Waals surface area contributed by atoms with Crippen molar-refractivity contribution in [3.05, 3.63) is 29.6 Å².